The van der Waals surface area contributed by atoms with E-state index >= 15 is 0 Å². The van der Waals surface area contributed by atoms with Crippen LogP contribution < -0.4 is 20.5 Å². The molecule has 6 nitrogen and oxygen atoms in total. The summed E-state index contributed by atoms with van der Waals surface area (Å²) in [6, 6.07) is 6.92. The maximum Gasteiger partial charge on any atom is 0.250 e. The lowest BCUT2D eigenvalue weighted by molar-refractivity contribution is 0.1000. The minimum atomic E-state index is -0.573. The molecule has 2 aromatic rings. The third kappa shape index (κ3) is 3.84. The van der Waals surface area contributed by atoms with Gasteiger partial charge in [0.05, 0.1) is 30.8 Å². The van der Waals surface area contributed by atoms with E-state index in [1.54, 1.807) is 20.3 Å². The van der Waals surface area contributed by atoms with Gasteiger partial charge in [-0.2, -0.15) is 0 Å². The number of carbonyl (C=O) groups excluding carboxylic acids is 1. The Balaban J connectivity index is 2.25. The van der Waals surface area contributed by atoms with E-state index in [0.717, 1.165) is 5.56 Å². The smallest absolute Gasteiger partial charge is 0.250 e. The van der Waals surface area contributed by atoms with Crippen molar-refractivity contribution < 1.29 is 14.3 Å². The monoisotopic (exact) mass is 335 g/mol. The molecular formula is C16H18ClN3O3. The Bertz CT molecular complexity index is 722. The van der Waals surface area contributed by atoms with Crippen LogP contribution in [0.3, 0.4) is 0 Å². The van der Waals surface area contributed by atoms with E-state index in [-0.39, 0.29) is 11.6 Å². The van der Waals surface area contributed by atoms with E-state index in [1.165, 1.54) is 12.3 Å². The summed E-state index contributed by atoms with van der Waals surface area (Å²) in [5.74, 6) is 1.28. The fraction of sp³-hybridized carbons (Fsp3) is 0.250. The fourth-order valence-electron chi connectivity index (χ4n) is 2.14. The molecule has 3 N–H and O–H groups in total. The summed E-state index contributed by atoms with van der Waals surface area (Å²) in [6.07, 6.45) is 1.38. The maximum absolute atomic E-state index is 11.1. The fourth-order valence-corrected chi connectivity index (χ4v) is 2.36. The molecule has 23 heavy (non-hydrogen) atoms. The van der Waals surface area contributed by atoms with Gasteiger partial charge in [0.1, 0.15) is 17.3 Å². The Morgan fingerprint density at radius 2 is 2.04 bits per heavy atom. The Morgan fingerprint density at radius 3 is 2.61 bits per heavy atom. The summed E-state index contributed by atoms with van der Waals surface area (Å²) < 4.78 is 10.6. The normalized spacial score (nSPS) is 11.7. The van der Waals surface area contributed by atoms with Gasteiger partial charge in [0.25, 0.3) is 0 Å². The highest BCUT2D eigenvalue weighted by molar-refractivity contribution is 6.33. The van der Waals surface area contributed by atoms with Gasteiger partial charge in [-0.05, 0) is 25.1 Å². The number of rotatable bonds is 6. The van der Waals surface area contributed by atoms with Gasteiger partial charge in [0, 0.05) is 17.8 Å². The first-order chi connectivity index (χ1) is 11.0. The van der Waals surface area contributed by atoms with Crippen LogP contribution >= 0.6 is 11.6 Å². The van der Waals surface area contributed by atoms with Crippen LogP contribution in [0.1, 0.15) is 28.9 Å². The Morgan fingerprint density at radius 1 is 1.30 bits per heavy atom. The Hall–Kier alpha value is -2.47. The van der Waals surface area contributed by atoms with Crippen LogP contribution in [-0.4, -0.2) is 25.1 Å². The number of benzene rings is 1. The van der Waals surface area contributed by atoms with E-state index < -0.39 is 5.91 Å². The molecule has 0 fully saturated rings. The van der Waals surface area contributed by atoms with E-state index in [2.05, 4.69) is 10.3 Å². The molecule has 7 heteroatoms. The van der Waals surface area contributed by atoms with Crippen LogP contribution in [0.5, 0.6) is 11.5 Å². The average Bonchev–Trinajstić information content (AvgIpc) is 2.55. The molecule has 1 heterocycles. The molecular weight excluding hydrogens is 318 g/mol. The Kier molecular flexibility index (Phi) is 5.28. The van der Waals surface area contributed by atoms with E-state index in [1.807, 2.05) is 19.1 Å². The van der Waals surface area contributed by atoms with Crippen molar-refractivity contribution in [2.24, 2.45) is 5.73 Å². The van der Waals surface area contributed by atoms with Gasteiger partial charge in [-0.3, -0.25) is 4.79 Å². The summed E-state index contributed by atoms with van der Waals surface area (Å²) in [5, 5.41) is 3.51. The zero-order valence-electron chi connectivity index (χ0n) is 13.1. The molecule has 0 saturated carbocycles. The molecule has 1 atom stereocenters. The predicted octanol–water partition coefficient (Wildman–Crippen LogP) is 3.02. The maximum atomic E-state index is 11.1. The number of hydrogen-bond acceptors (Lipinski definition) is 5. The van der Waals surface area contributed by atoms with E-state index in [4.69, 9.17) is 26.8 Å². The van der Waals surface area contributed by atoms with Crippen molar-refractivity contribution in [2.75, 3.05) is 19.5 Å². The third-order valence-corrected chi connectivity index (χ3v) is 3.67. The van der Waals surface area contributed by atoms with Crippen LogP contribution in [0.2, 0.25) is 5.02 Å². The first-order valence-electron chi connectivity index (χ1n) is 6.90. The lowest BCUT2D eigenvalue weighted by Crippen LogP contribution is -2.13. The van der Waals surface area contributed by atoms with Crippen LogP contribution in [0, 0.1) is 0 Å². The highest BCUT2D eigenvalue weighted by Crippen LogP contribution is 2.32. The number of ether oxygens (including phenoxy) is 2. The zero-order valence-corrected chi connectivity index (χ0v) is 13.8. The summed E-state index contributed by atoms with van der Waals surface area (Å²) in [5.41, 5.74) is 6.38. The zero-order chi connectivity index (χ0) is 17.0. The Labute approximate surface area is 139 Å². The van der Waals surface area contributed by atoms with Crippen molar-refractivity contribution in [3.8, 4) is 11.5 Å². The molecule has 0 radical (unpaired) electrons. The van der Waals surface area contributed by atoms with Gasteiger partial charge in [0.15, 0.2) is 0 Å². The molecule has 2 rings (SSSR count). The first kappa shape index (κ1) is 16.9. The molecule has 0 aliphatic rings. The van der Waals surface area contributed by atoms with E-state index in [0.29, 0.717) is 22.3 Å². The van der Waals surface area contributed by atoms with Crippen LogP contribution in [-0.2, 0) is 0 Å². The lowest BCUT2D eigenvalue weighted by Gasteiger charge is -2.19. The topological polar surface area (TPSA) is 86.5 Å². The molecule has 1 aromatic carbocycles. The summed E-state index contributed by atoms with van der Waals surface area (Å²) in [6.45, 7) is 1.95. The molecule has 0 aliphatic heterocycles. The summed E-state index contributed by atoms with van der Waals surface area (Å²) >= 11 is 6.14. The minimum absolute atomic E-state index is 0.125. The molecule has 0 bridgehead atoms. The predicted molar refractivity (Wildman–Crippen MR) is 89.3 cm³/mol. The SMILES string of the molecule is COc1ccc(C(C)Nc2ncc(C(N)=O)cc2Cl)c(OC)c1. The number of methoxy groups -OCH3 is 2. The highest BCUT2D eigenvalue weighted by Gasteiger charge is 2.15. The quantitative estimate of drug-likeness (QED) is 0.847. The number of pyridine rings is 1. The van der Waals surface area contributed by atoms with Crippen molar-refractivity contribution in [3.63, 3.8) is 0 Å². The molecule has 1 aromatic heterocycles. The highest BCUT2D eigenvalue weighted by atomic mass is 35.5. The minimum Gasteiger partial charge on any atom is -0.497 e. The number of amides is 1. The number of nitrogens with two attached hydrogens (primary N) is 1. The van der Waals surface area contributed by atoms with Gasteiger partial charge in [-0.25, -0.2) is 4.98 Å². The van der Waals surface area contributed by atoms with Crippen molar-refractivity contribution in [1.82, 2.24) is 4.98 Å². The van der Waals surface area contributed by atoms with Gasteiger partial charge in [-0.1, -0.05) is 11.6 Å². The third-order valence-electron chi connectivity index (χ3n) is 3.39. The molecule has 0 spiro atoms. The second-order valence-electron chi connectivity index (χ2n) is 4.89. The van der Waals surface area contributed by atoms with Crippen LogP contribution in [0.4, 0.5) is 5.82 Å². The number of hydrogen-bond donors (Lipinski definition) is 2. The van der Waals surface area contributed by atoms with Gasteiger partial charge in [-0.15, -0.1) is 0 Å². The standard InChI is InChI=1S/C16H18ClN3O3/c1-9(12-5-4-11(22-2)7-14(12)23-3)20-16-13(17)6-10(8-19-16)15(18)21/h4-9H,1-3H3,(H2,18,21)(H,19,20). The largest absolute Gasteiger partial charge is 0.497 e. The lowest BCUT2D eigenvalue weighted by atomic mass is 10.1. The van der Waals surface area contributed by atoms with Crippen molar-refractivity contribution in [2.45, 2.75) is 13.0 Å². The van der Waals surface area contributed by atoms with Gasteiger partial charge >= 0.3 is 0 Å². The number of carbonyl (C=O) groups is 1. The number of nitrogens with zero attached hydrogens (tertiary/aromatic N) is 1. The second-order valence-corrected chi connectivity index (χ2v) is 5.30. The number of nitrogens with one attached hydrogen (secondary N) is 1. The average molecular weight is 336 g/mol. The molecule has 1 amide bonds. The number of aromatic nitrogens is 1. The molecule has 122 valence electrons. The van der Waals surface area contributed by atoms with Crippen LogP contribution in [0.25, 0.3) is 0 Å². The molecule has 1 unspecified atom stereocenters. The summed E-state index contributed by atoms with van der Waals surface area (Å²) in [4.78, 5) is 15.3. The van der Waals surface area contributed by atoms with Gasteiger partial charge in [0.2, 0.25) is 5.91 Å². The summed E-state index contributed by atoms with van der Waals surface area (Å²) in [7, 11) is 3.19. The number of anilines is 1. The van der Waals surface area contributed by atoms with Crippen molar-refractivity contribution in [1.29, 1.82) is 0 Å². The molecule has 0 aliphatic carbocycles. The van der Waals surface area contributed by atoms with Crippen molar-refractivity contribution in [3.05, 3.63) is 46.6 Å². The van der Waals surface area contributed by atoms with Crippen molar-refractivity contribution >= 4 is 23.3 Å². The number of primary amides is 1. The second kappa shape index (κ2) is 7.19. The molecule has 0 saturated heterocycles. The number of halogens is 1. The first-order valence-corrected chi connectivity index (χ1v) is 7.28. The van der Waals surface area contributed by atoms with Crippen LogP contribution in [0.15, 0.2) is 30.5 Å². The van der Waals surface area contributed by atoms with E-state index in [9.17, 15) is 4.79 Å². The van der Waals surface area contributed by atoms with Gasteiger partial charge < -0.3 is 20.5 Å².